The summed E-state index contributed by atoms with van der Waals surface area (Å²) in [7, 11) is 3.08. The smallest absolute Gasteiger partial charge is 0.344 e. The summed E-state index contributed by atoms with van der Waals surface area (Å²) in [6.45, 7) is 1.82. The van der Waals surface area contributed by atoms with Gasteiger partial charge in [0.15, 0.2) is 0 Å². The maximum atomic E-state index is 13.2. The van der Waals surface area contributed by atoms with E-state index in [1.54, 1.807) is 38.3 Å². The normalized spacial score (nSPS) is 16.3. The van der Waals surface area contributed by atoms with Crippen LogP contribution in [-0.2, 0) is 9.53 Å². The zero-order valence-corrected chi connectivity index (χ0v) is 17.5. The molecule has 0 bridgehead atoms. The highest BCUT2D eigenvalue weighted by atomic mass is 32.2. The molecule has 1 aliphatic rings. The number of aliphatic hydroxyl groups excluding tert-OH is 1. The van der Waals surface area contributed by atoms with E-state index in [0.29, 0.717) is 27.7 Å². The lowest BCUT2D eigenvalue weighted by molar-refractivity contribution is -0.138. The number of carbonyl (C=O) groups is 1. The van der Waals surface area contributed by atoms with Crippen molar-refractivity contribution in [2.24, 2.45) is 4.99 Å². The van der Waals surface area contributed by atoms with E-state index in [9.17, 15) is 14.3 Å². The number of ether oxygens (including phenoxy) is 3. The van der Waals surface area contributed by atoms with Gasteiger partial charge in [-0.2, -0.15) is 0 Å². The largest absolute Gasteiger partial charge is 0.506 e. The van der Waals surface area contributed by atoms with E-state index in [-0.39, 0.29) is 23.0 Å². The van der Waals surface area contributed by atoms with Crippen LogP contribution in [0.1, 0.15) is 12.5 Å². The van der Waals surface area contributed by atoms with Gasteiger partial charge in [-0.3, -0.25) is 0 Å². The molecule has 1 aliphatic heterocycles. The van der Waals surface area contributed by atoms with Gasteiger partial charge in [0.2, 0.25) is 0 Å². The number of halogens is 1. The fourth-order valence-electron chi connectivity index (χ4n) is 2.70. The summed E-state index contributed by atoms with van der Waals surface area (Å²) in [5.41, 5.74) is 1.08. The number of aliphatic imine (C=N–C) groups is 1. The highest BCUT2D eigenvalue weighted by molar-refractivity contribution is 8.18. The van der Waals surface area contributed by atoms with Gasteiger partial charge in [-0.25, -0.2) is 14.2 Å². The molecular formula is C22H20FNO5S. The van der Waals surface area contributed by atoms with E-state index in [0.717, 1.165) is 11.8 Å². The number of rotatable bonds is 6. The second kappa shape index (κ2) is 9.49. The Morgan fingerprint density at radius 3 is 2.53 bits per heavy atom. The minimum Gasteiger partial charge on any atom is -0.506 e. The van der Waals surface area contributed by atoms with Gasteiger partial charge >= 0.3 is 5.97 Å². The number of aliphatic hydroxyl groups is 1. The molecule has 156 valence electrons. The molecule has 0 saturated heterocycles. The number of benzene rings is 2. The molecule has 2 aromatic carbocycles. The second-order valence-corrected chi connectivity index (χ2v) is 7.09. The molecule has 0 aliphatic carbocycles. The molecule has 0 atom stereocenters. The van der Waals surface area contributed by atoms with Gasteiger partial charge in [-0.15, -0.1) is 0 Å². The average molecular weight is 429 g/mol. The monoisotopic (exact) mass is 429 g/mol. The van der Waals surface area contributed by atoms with Gasteiger partial charge < -0.3 is 19.3 Å². The predicted octanol–water partition coefficient (Wildman–Crippen LogP) is 5.04. The van der Waals surface area contributed by atoms with Crippen molar-refractivity contribution in [1.82, 2.24) is 0 Å². The topological polar surface area (TPSA) is 77.4 Å². The van der Waals surface area contributed by atoms with Crippen molar-refractivity contribution in [3.63, 3.8) is 0 Å². The molecule has 0 aromatic heterocycles. The van der Waals surface area contributed by atoms with Crippen molar-refractivity contribution >= 4 is 34.5 Å². The van der Waals surface area contributed by atoms with Gasteiger partial charge in [-0.1, -0.05) is 11.8 Å². The summed E-state index contributed by atoms with van der Waals surface area (Å²) >= 11 is 1.11. The maximum absolute atomic E-state index is 13.2. The average Bonchev–Trinajstić information content (AvgIpc) is 3.05. The quantitative estimate of drug-likeness (QED) is 0.649. The third-order valence-electron chi connectivity index (χ3n) is 4.15. The number of hydrogen-bond donors (Lipinski definition) is 1. The van der Waals surface area contributed by atoms with Crippen LogP contribution < -0.4 is 9.47 Å². The van der Waals surface area contributed by atoms with Crippen LogP contribution in [0.5, 0.6) is 11.5 Å². The fourth-order valence-corrected chi connectivity index (χ4v) is 3.73. The lowest BCUT2D eigenvalue weighted by Crippen LogP contribution is -2.12. The second-order valence-electron chi connectivity index (χ2n) is 6.06. The zero-order valence-electron chi connectivity index (χ0n) is 16.6. The minimum absolute atomic E-state index is 0.0371. The molecule has 6 nitrogen and oxygen atoms in total. The Kier molecular flexibility index (Phi) is 6.79. The van der Waals surface area contributed by atoms with E-state index in [2.05, 4.69) is 4.99 Å². The number of nitrogens with zero attached hydrogens (tertiary/aromatic N) is 1. The molecule has 0 amide bonds. The van der Waals surface area contributed by atoms with Gasteiger partial charge in [0, 0.05) is 11.6 Å². The lowest BCUT2D eigenvalue weighted by Gasteiger charge is -2.08. The first-order valence-corrected chi connectivity index (χ1v) is 9.85. The molecule has 0 radical (unpaired) electrons. The molecule has 8 heteroatoms. The van der Waals surface area contributed by atoms with Crippen molar-refractivity contribution in [1.29, 1.82) is 0 Å². The Labute approximate surface area is 177 Å². The number of methoxy groups -OCH3 is 2. The Hall–Kier alpha value is -3.26. The number of carbonyl (C=O) groups excluding carboxylic acids is 1. The van der Waals surface area contributed by atoms with E-state index < -0.39 is 11.8 Å². The molecule has 2 aromatic rings. The Bertz CT molecular complexity index is 1040. The Morgan fingerprint density at radius 1 is 1.17 bits per heavy atom. The van der Waals surface area contributed by atoms with Crippen LogP contribution >= 0.6 is 11.8 Å². The summed E-state index contributed by atoms with van der Waals surface area (Å²) in [5.74, 6) is -0.157. The molecule has 1 heterocycles. The molecule has 0 unspecified atom stereocenters. The van der Waals surface area contributed by atoms with E-state index in [1.165, 1.54) is 31.4 Å². The Balaban J connectivity index is 2.05. The van der Waals surface area contributed by atoms with Crippen LogP contribution in [0, 0.1) is 5.82 Å². The molecule has 3 rings (SSSR count). The van der Waals surface area contributed by atoms with Crippen molar-refractivity contribution in [3.8, 4) is 11.5 Å². The SMILES string of the molecule is CCOC(=O)C1=C(O)/C(=C\c2ccc(OC)cc2OC)SC1=Nc1ccc(F)cc1. The van der Waals surface area contributed by atoms with Crippen molar-refractivity contribution in [2.45, 2.75) is 6.92 Å². The molecule has 1 N–H and O–H groups in total. The third-order valence-corrected chi connectivity index (χ3v) is 5.17. The van der Waals surface area contributed by atoms with E-state index >= 15 is 0 Å². The summed E-state index contributed by atoms with van der Waals surface area (Å²) < 4.78 is 28.9. The summed E-state index contributed by atoms with van der Waals surface area (Å²) in [5, 5.41) is 11.0. The van der Waals surface area contributed by atoms with Gasteiger partial charge in [0.25, 0.3) is 0 Å². The number of esters is 1. The van der Waals surface area contributed by atoms with Gasteiger partial charge in [-0.05, 0) is 49.4 Å². The van der Waals surface area contributed by atoms with Crippen molar-refractivity contribution in [3.05, 3.63) is 70.1 Å². The van der Waals surface area contributed by atoms with Gasteiger partial charge in [0.05, 0.1) is 31.4 Å². The van der Waals surface area contributed by atoms with Crippen LogP contribution in [0.15, 0.2) is 63.7 Å². The van der Waals surface area contributed by atoms with Crippen LogP contribution in [0.25, 0.3) is 6.08 Å². The standard InChI is InChI=1S/C22H20FNO5S/c1-4-29-22(26)19-20(25)18(11-13-5-10-16(27-2)12-17(13)28-3)30-21(19)24-15-8-6-14(23)7-9-15/h5-12,25H,4H2,1-3H3/b18-11+,24-21?. The van der Waals surface area contributed by atoms with Crippen molar-refractivity contribution < 1.29 is 28.5 Å². The van der Waals surface area contributed by atoms with Crippen LogP contribution in [0.3, 0.4) is 0 Å². The van der Waals surface area contributed by atoms with Gasteiger partial charge in [0.1, 0.15) is 33.7 Å². The number of thioether (sulfide) groups is 1. The van der Waals surface area contributed by atoms with E-state index in [1.807, 2.05) is 0 Å². The molecule has 0 saturated carbocycles. The third kappa shape index (κ3) is 4.65. The first-order valence-electron chi connectivity index (χ1n) is 9.03. The highest BCUT2D eigenvalue weighted by Crippen LogP contribution is 2.41. The zero-order chi connectivity index (χ0) is 21.7. The van der Waals surface area contributed by atoms with Crippen LogP contribution in [-0.4, -0.2) is 36.9 Å². The predicted molar refractivity (Wildman–Crippen MR) is 115 cm³/mol. The molecular weight excluding hydrogens is 409 g/mol. The van der Waals surface area contributed by atoms with E-state index in [4.69, 9.17) is 14.2 Å². The first-order chi connectivity index (χ1) is 14.5. The summed E-state index contributed by atoms with van der Waals surface area (Å²) in [6, 6.07) is 10.8. The Morgan fingerprint density at radius 2 is 1.90 bits per heavy atom. The van der Waals surface area contributed by atoms with Crippen LogP contribution in [0.2, 0.25) is 0 Å². The molecule has 30 heavy (non-hydrogen) atoms. The molecule has 0 fully saturated rings. The fraction of sp³-hybridized carbons (Fsp3) is 0.182. The highest BCUT2D eigenvalue weighted by Gasteiger charge is 2.33. The lowest BCUT2D eigenvalue weighted by atomic mass is 10.1. The number of hydrogen-bond acceptors (Lipinski definition) is 7. The summed E-state index contributed by atoms with van der Waals surface area (Å²) in [4.78, 5) is 17.3. The maximum Gasteiger partial charge on any atom is 0.344 e. The first kappa shape index (κ1) is 21.4. The van der Waals surface area contributed by atoms with Crippen LogP contribution in [0.4, 0.5) is 10.1 Å². The minimum atomic E-state index is -0.687. The van der Waals surface area contributed by atoms with Crippen molar-refractivity contribution in [2.75, 3.05) is 20.8 Å². The molecule has 0 spiro atoms. The summed E-state index contributed by atoms with van der Waals surface area (Å²) in [6.07, 6.45) is 1.69.